The maximum atomic E-state index is 13.0. The van der Waals surface area contributed by atoms with Crippen molar-refractivity contribution in [1.29, 1.82) is 0 Å². The molecule has 2 amide bonds. The van der Waals surface area contributed by atoms with Crippen LogP contribution < -0.4 is 10.2 Å². The van der Waals surface area contributed by atoms with Crippen LogP contribution in [0.2, 0.25) is 0 Å². The minimum atomic E-state index is -3.63. The van der Waals surface area contributed by atoms with E-state index in [1.807, 2.05) is 0 Å². The Morgan fingerprint density at radius 3 is 2.43 bits per heavy atom. The second-order valence-electron chi connectivity index (χ2n) is 7.62. The number of hydrogen-bond acceptors (Lipinski definition) is 5. The van der Waals surface area contributed by atoms with Gasteiger partial charge in [-0.3, -0.25) is 9.59 Å². The zero-order valence-corrected chi connectivity index (χ0v) is 17.4. The first kappa shape index (κ1) is 20.6. The van der Waals surface area contributed by atoms with E-state index in [0.717, 1.165) is 12.1 Å². The normalized spacial score (nSPS) is 18.7. The second kappa shape index (κ2) is 8.61. The van der Waals surface area contributed by atoms with E-state index in [1.165, 1.54) is 4.31 Å². The number of sulfonamides is 1. The molecule has 2 aliphatic heterocycles. The van der Waals surface area contributed by atoms with Crippen molar-refractivity contribution < 1.29 is 22.4 Å². The Balaban J connectivity index is 1.34. The summed E-state index contributed by atoms with van der Waals surface area (Å²) in [7, 11) is -3.63. The van der Waals surface area contributed by atoms with Crippen molar-refractivity contribution in [1.82, 2.24) is 9.62 Å². The molecule has 1 aromatic carbocycles. The first-order valence-electron chi connectivity index (χ1n) is 10.2. The van der Waals surface area contributed by atoms with Gasteiger partial charge in [-0.05, 0) is 55.7 Å². The molecule has 0 spiro atoms. The standard InChI is InChI=1S/C21H25N3O5S/c25-20-4-1-11-24(20)17-5-7-19(8-6-17)30(27,28)23-12-9-16(10-13-23)21(26)22-15-18-3-2-14-29-18/h2-3,5-8,14,16H,1,4,9-13,15H2,(H,22,26). The van der Waals surface area contributed by atoms with Gasteiger partial charge in [-0.2, -0.15) is 4.31 Å². The lowest BCUT2D eigenvalue weighted by Gasteiger charge is -2.30. The molecule has 8 nitrogen and oxygen atoms in total. The summed E-state index contributed by atoms with van der Waals surface area (Å²) in [6.45, 7) is 1.59. The predicted molar refractivity (Wildman–Crippen MR) is 110 cm³/mol. The monoisotopic (exact) mass is 431 g/mol. The van der Waals surface area contributed by atoms with Crippen molar-refractivity contribution in [2.45, 2.75) is 37.1 Å². The van der Waals surface area contributed by atoms with Gasteiger partial charge >= 0.3 is 0 Å². The zero-order valence-electron chi connectivity index (χ0n) is 16.6. The average molecular weight is 432 g/mol. The Bertz CT molecular complexity index is 994. The molecule has 30 heavy (non-hydrogen) atoms. The summed E-state index contributed by atoms with van der Waals surface area (Å²) in [4.78, 5) is 26.1. The molecule has 0 saturated carbocycles. The highest BCUT2D eigenvalue weighted by atomic mass is 32.2. The Kier molecular flexibility index (Phi) is 5.92. The SMILES string of the molecule is O=C(NCc1ccco1)C1CCN(S(=O)(=O)c2ccc(N3CCCC3=O)cc2)CC1. The van der Waals surface area contributed by atoms with E-state index < -0.39 is 10.0 Å². The number of nitrogens with zero attached hydrogens (tertiary/aromatic N) is 2. The molecule has 0 bridgehead atoms. The lowest BCUT2D eigenvalue weighted by molar-refractivity contribution is -0.126. The van der Waals surface area contributed by atoms with Crippen molar-refractivity contribution in [3.8, 4) is 0 Å². The van der Waals surface area contributed by atoms with E-state index in [1.54, 1.807) is 47.6 Å². The Morgan fingerprint density at radius 1 is 1.10 bits per heavy atom. The van der Waals surface area contributed by atoms with E-state index in [-0.39, 0.29) is 22.6 Å². The molecule has 2 fully saturated rings. The molecule has 2 aliphatic rings. The third-order valence-electron chi connectivity index (χ3n) is 5.70. The van der Waals surface area contributed by atoms with Gasteiger partial charge < -0.3 is 14.6 Å². The molecule has 0 atom stereocenters. The lowest BCUT2D eigenvalue weighted by atomic mass is 9.97. The molecule has 3 heterocycles. The number of anilines is 1. The van der Waals surface area contributed by atoms with Gasteiger partial charge in [-0.1, -0.05) is 0 Å². The molecule has 1 aromatic heterocycles. The molecule has 0 unspecified atom stereocenters. The second-order valence-corrected chi connectivity index (χ2v) is 9.56. The number of hydrogen-bond donors (Lipinski definition) is 1. The molecular formula is C21H25N3O5S. The van der Waals surface area contributed by atoms with Crippen LogP contribution in [-0.2, 0) is 26.2 Å². The highest BCUT2D eigenvalue weighted by Crippen LogP contribution is 2.27. The summed E-state index contributed by atoms with van der Waals surface area (Å²) in [6, 6.07) is 10.0. The largest absolute Gasteiger partial charge is 0.467 e. The first-order chi connectivity index (χ1) is 14.4. The van der Waals surface area contributed by atoms with Crippen LogP contribution in [0, 0.1) is 5.92 Å². The summed E-state index contributed by atoms with van der Waals surface area (Å²) in [6.07, 6.45) is 3.86. The number of amides is 2. The van der Waals surface area contributed by atoms with Crippen LogP contribution in [0.3, 0.4) is 0 Å². The summed E-state index contributed by atoms with van der Waals surface area (Å²) < 4.78 is 32.6. The van der Waals surface area contributed by atoms with Crippen LogP contribution in [0.25, 0.3) is 0 Å². The third kappa shape index (κ3) is 4.27. The molecule has 0 radical (unpaired) electrons. The van der Waals surface area contributed by atoms with Gasteiger partial charge in [0, 0.05) is 37.7 Å². The zero-order chi connectivity index (χ0) is 21.1. The number of furan rings is 1. The van der Waals surface area contributed by atoms with Crippen molar-refractivity contribution in [3.63, 3.8) is 0 Å². The smallest absolute Gasteiger partial charge is 0.243 e. The fourth-order valence-electron chi connectivity index (χ4n) is 3.96. The summed E-state index contributed by atoms with van der Waals surface area (Å²) in [5.74, 6) is 0.457. The van der Waals surface area contributed by atoms with Gasteiger partial charge in [0.1, 0.15) is 5.76 Å². The molecule has 2 aromatic rings. The molecule has 1 N–H and O–H groups in total. The van der Waals surface area contributed by atoms with Gasteiger partial charge in [0.15, 0.2) is 0 Å². The van der Waals surface area contributed by atoms with Crippen molar-refractivity contribution in [2.75, 3.05) is 24.5 Å². The number of carbonyl (C=O) groups excluding carboxylic acids is 2. The Labute approximate surface area is 175 Å². The number of nitrogens with one attached hydrogen (secondary N) is 1. The fraction of sp³-hybridized carbons (Fsp3) is 0.429. The molecular weight excluding hydrogens is 406 g/mol. The van der Waals surface area contributed by atoms with Gasteiger partial charge in [-0.25, -0.2) is 8.42 Å². The maximum Gasteiger partial charge on any atom is 0.243 e. The van der Waals surface area contributed by atoms with Crippen LogP contribution in [0.5, 0.6) is 0 Å². The van der Waals surface area contributed by atoms with E-state index in [9.17, 15) is 18.0 Å². The Hall–Kier alpha value is -2.65. The van der Waals surface area contributed by atoms with Crippen LogP contribution >= 0.6 is 0 Å². The van der Waals surface area contributed by atoms with Crippen molar-refractivity contribution in [3.05, 3.63) is 48.4 Å². The summed E-state index contributed by atoms with van der Waals surface area (Å²) in [5.41, 5.74) is 0.725. The number of piperidine rings is 1. The molecule has 9 heteroatoms. The van der Waals surface area contributed by atoms with Gasteiger partial charge in [0.05, 0.1) is 17.7 Å². The van der Waals surface area contributed by atoms with E-state index in [2.05, 4.69) is 5.32 Å². The fourth-order valence-corrected chi connectivity index (χ4v) is 5.43. The molecule has 2 saturated heterocycles. The van der Waals surface area contributed by atoms with Crippen LogP contribution in [0.15, 0.2) is 52.0 Å². The topological polar surface area (TPSA) is 99.9 Å². The average Bonchev–Trinajstić information content (AvgIpc) is 3.44. The van der Waals surface area contributed by atoms with E-state index in [0.29, 0.717) is 51.2 Å². The van der Waals surface area contributed by atoms with Gasteiger partial charge in [0.25, 0.3) is 0 Å². The van der Waals surface area contributed by atoms with Crippen molar-refractivity contribution >= 4 is 27.5 Å². The summed E-state index contributed by atoms with van der Waals surface area (Å²) in [5, 5.41) is 2.84. The highest BCUT2D eigenvalue weighted by molar-refractivity contribution is 7.89. The molecule has 0 aliphatic carbocycles. The van der Waals surface area contributed by atoms with Crippen LogP contribution in [-0.4, -0.2) is 44.2 Å². The summed E-state index contributed by atoms with van der Waals surface area (Å²) >= 11 is 0. The lowest BCUT2D eigenvalue weighted by Crippen LogP contribution is -2.42. The van der Waals surface area contributed by atoms with E-state index in [4.69, 9.17) is 4.42 Å². The van der Waals surface area contributed by atoms with Crippen molar-refractivity contribution in [2.24, 2.45) is 5.92 Å². The maximum absolute atomic E-state index is 13.0. The highest BCUT2D eigenvalue weighted by Gasteiger charge is 2.32. The number of rotatable bonds is 6. The van der Waals surface area contributed by atoms with Gasteiger partial charge in [0.2, 0.25) is 21.8 Å². The number of carbonyl (C=O) groups is 2. The van der Waals surface area contributed by atoms with Crippen LogP contribution in [0.4, 0.5) is 5.69 Å². The van der Waals surface area contributed by atoms with Gasteiger partial charge in [-0.15, -0.1) is 0 Å². The van der Waals surface area contributed by atoms with Crippen LogP contribution in [0.1, 0.15) is 31.4 Å². The third-order valence-corrected chi connectivity index (χ3v) is 7.61. The first-order valence-corrected chi connectivity index (χ1v) is 11.6. The minimum absolute atomic E-state index is 0.0676. The molecule has 160 valence electrons. The van der Waals surface area contributed by atoms with E-state index >= 15 is 0 Å². The quantitative estimate of drug-likeness (QED) is 0.755. The number of benzene rings is 1. The Morgan fingerprint density at radius 2 is 1.83 bits per heavy atom. The minimum Gasteiger partial charge on any atom is -0.467 e. The predicted octanol–water partition coefficient (Wildman–Crippen LogP) is 2.12. The molecule has 4 rings (SSSR count).